The molecule has 0 saturated carbocycles. The molecule has 18 heavy (non-hydrogen) atoms. The molecular weight excluding hydrogens is 244 g/mol. The molecule has 0 aliphatic heterocycles. The van der Waals surface area contributed by atoms with Gasteiger partial charge in [0.25, 0.3) is 0 Å². The first kappa shape index (κ1) is 13.1. The molecule has 1 unspecified atom stereocenters. The van der Waals surface area contributed by atoms with Crippen LogP contribution in [0.4, 0.5) is 0 Å². The minimum atomic E-state index is 0.129. The highest BCUT2D eigenvalue weighted by Crippen LogP contribution is 2.17. The molecule has 2 nitrogen and oxygen atoms in total. The van der Waals surface area contributed by atoms with Gasteiger partial charge in [-0.3, -0.25) is 0 Å². The molecule has 0 spiro atoms. The van der Waals surface area contributed by atoms with Crippen molar-refractivity contribution in [3.05, 3.63) is 70.7 Å². The maximum absolute atomic E-state index is 5.99. The van der Waals surface area contributed by atoms with Crippen LogP contribution >= 0.6 is 11.6 Å². The summed E-state index contributed by atoms with van der Waals surface area (Å²) in [6.07, 6.45) is 0. The van der Waals surface area contributed by atoms with E-state index in [9.17, 15) is 0 Å². The zero-order valence-electron chi connectivity index (χ0n) is 10.1. The molecule has 0 aliphatic carbocycles. The van der Waals surface area contributed by atoms with Gasteiger partial charge in [-0.05, 0) is 23.3 Å². The predicted molar refractivity (Wildman–Crippen MR) is 76.5 cm³/mol. The Morgan fingerprint density at radius 3 is 2.50 bits per heavy atom. The molecule has 2 aromatic rings. The Morgan fingerprint density at radius 2 is 1.83 bits per heavy atom. The first-order chi connectivity index (χ1) is 8.79. The third-order valence-corrected chi connectivity index (χ3v) is 3.12. The standard InChI is InChI=1S/C15H17ClN2/c16-14-8-4-7-13(9-14)15(10-17)18-11-12-5-2-1-3-6-12/h1-9,15,18H,10-11,17H2. The van der Waals surface area contributed by atoms with Crippen molar-refractivity contribution in [1.29, 1.82) is 0 Å². The molecule has 0 aliphatic rings. The Kier molecular flexibility index (Phi) is 4.76. The number of nitrogens with two attached hydrogens (primary N) is 1. The summed E-state index contributed by atoms with van der Waals surface area (Å²) in [5.41, 5.74) is 8.19. The van der Waals surface area contributed by atoms with E-state index < -0.39 is 0 Å². The van der Waals surface area contributed by atoms with E-state index in [0.29, 0.717) is 6.54 Å². The van der Waals surface area contributed by atoms with E-state index in [1.807, 2.05) is 42.5 Å². The van der Waals surface area contributed by atoms with Gasteiger partial charge in [-0.15, -0.1) is 0 Å². The fraction of sp³-hybridized carbons (Fsp3) is 0.200. The van der Waals surface area contributed by atoms with Gasteiger partial charge in [0.05, 0.1) is 0 Å². The number of hydrogen-bond acceptors (Lipinski definition) is 2. The van der Waals surface area contributed by atoms with Gasteiger partial charge in [0.2, 0.25) is 0 Å². The average Bonchev–Trinajstić information content (AvgIpc) is 2.41. The largest absolute Gasteiger partial charge is 0.329 e. The molecule has 2 rings (SSSR count). The van der Waals surface area contributed by atoms with E-state index in [0.717, 1.165) is 17.1 Å². The lowest BCUT2D eigenvalue weighted by atomic mass is 10.1. The van der Waals surface area contributed by atoms with E-state index in [2.05, 4.69) is 17.4 Å². The molecule has 0 heterocycles. The first-order valence-electron chi connectivity index (χ1n) is 6.02. The molecule has 1 atom stereocenters. The Hall–Kier alpha value is -1.35. The van der Waals surface area contributed by atoms with Gasteiger partial charge in [0, 0.05) is 24.2 Å². The average molecular weight is 261 g/mol. The van der Waals surface area contributed by atoms with Gasteiger partial charge in [-0.1, -0.05) is 54.1 Å². The maximum atomic E-state index is 5.99. The van der Waals surface area contributed by atoms with Crippen LogP contribution in [0.1, 0.15) is 17.2 Å². The molecule has 0 saturated heterocycles. The van der Waals surface area contributed by atoms with Crippen molar-refractivity contribution < 1.29 is 0 Å². The van der Waals surface area contributed by atoms with Crippen molar-refractivity contribution in [2.75, 3.05) is 6.54 Å². The number of rotatable bonds is 5. The highest BCUT2D eigenvalue weighted by Gasteiger charge is 2.08. The molecule has 3 N–H and O–H groups in total. The number of nitrogens with one attached hydrogen (secondary N) is 1. The summed E-state index contributed by atoms with van der Waals surface area (Å²) in [6, 6.07) is 18.2. The lowest BCUT2D eigenvalue weighted by Crippen LogP contribution is -2.27. The fourth-order valence-corrected chi connectivity index (χ4v) is 2.10. The summed E-state index contributed by atoms with van der Waals surface area (Å²) in [5, 5.41) is 4.19. The summed E-state index contributed by atoms with van der Waals surface area (Å²) >= 11 is 5.99. The second-order valence-corrected chi connectivity index (χ2v) is 4.65. The Balaban J connectivity index is 2.02. The van der Waals surface area contributed by atoms with E-state index in [1.54, 1.807) is 0 Å². The van der Waals surface area contributed by atoms with Crippen molar-refractivity contribution in [3.63, 3.8) is 0 Å². The minimum Gasteiger partial charge on any atom is -0.329 e. The van der Waals surface area contributed by atoms with Crippen LogP contribution in [0, 0.1) is 0 Å². The van der Waals surface area contributed by atoms with E-state index in [-0.39, 0.29) is 6.04 Å². The maximum Gasteiger partial charge on any atom is 0.0447 e. The van der Waals surface area contributed by atoms with Crippen molar-refractivity contribution in [2.45, 2.75) is 12.6 Å². The minimum absolute atomic E-state index is 0.129. The van der Waals surface area contributed by atoms with Crippen LogP contribution in [0.5, 0.6) is 0 Å². The van der Waals surface area contributed by atoms with Crippen LogP contribution < -0.4 is 11.1 Å². The van der Waals surface area contributed by atoms with Gasteiger partial charge >= 0.3 is 0 Å². The van der Waals surface area contributed by atoms with Crippen LogP contribution in [0.15, 0.2) is 54.6 Å². The molecule has 94 valence electrons. The second kappa shape index (κ2) is 6.55. The number of benzene rings is 2. The van der Waals surface area contributed by atoms with E-state index >= 15 is 0 Å². The van der Waals surface area contributed by atoms with E-state index in [1.165, 1.54) is 5.56 Å². The topological polar surface area (TPSA) is 38.0 Å². The van der Waals surface area contributed by atoms with Crippen LogP contribution in [0.3, 0.4) is 0 Å². The highest BCUT2D eigenvalue weighted by molar-refractivity contribution is 6.30. The monoisotopic (exact) mass is 260 g/mol. The van der Waals surface area contributed by atoms with Crippen molar-refractivity contribution in [3.8, 4) is 0 Å². The molecule has 0 aromatic heterocycles. The number of halogens is 1. The first-order valence-corrected chi connectivity index (χ1v) is 6.40. The van der Waals surface area contributed by atoms with Crippen LogP contribution in [-0.4, -0.2) is 6.54 Å². The lowest BCUT2D eigenvalue weighted by molar-refractivity contribution is 0.542. The summed E-state index contributed by atoms with van der Waals surface area (Å²) in [5.74, 6) is 0. The van der Waals surface area contributed by atoms with Crippen molar-refractivity contribution >= 4 is 11.6 Å². The third kappa shape index (κ3) is 3.57. The van der Waals surface area contributed by atoms with Gasteiger partial charge in [0.1, 0.15) is 0 Å². The van der Waals surface area contributed by atoms with Gasteiger partial charge in [0.15, 0.2) is 0 Å². The zero-order valence-corrected chi connectivity index (χ0v) is 10.9. The molecule has 0 radical (unpaired) electrons. The zero-order chi connectivity index (χ0) is 12.8. The summed E-state index contributed by atoms with van der Waals surface area (Å²) in [4.78, 5) is 0. The second-order valence-electron chi connectivity index (χ2n) is 4.21. The van der Waals surface area contributed by atoms with Gasteiger partial charge in [-0.25, -0.2) is 0 Å². The predicted octanol–water partition coefficient (Wildman–Crippen LogP) is 3.13. The smallest absolute Gasteiger partial charge is 0.0447 e. The molecule has 3 heteroatoms. The number of hydrogen-bond donors (Lipinski definition) is 2. The lowest BCUT2D eigenvalue weighted by Gasteiger charge is -2.17. The van der Waals surface area contributed by atoms with Gasteiger partial charge < -0.3 is 11.1 Å². The molecule has 0 bridgehead atoms. The molecule has 2 aromatic carbocycles. The summed E-state index contributed by atoms with van der Waals surface area (Å²) in [7, 11) is 0. The molecule has 0 amide bonds. The van der Waals surface area contributed by atoms with Crippen molar-refractivity contribution in [2.24, 2.45) is 5.73 Å². The van der Waals surface area contributed by atoms with Crippen LogP contribution in [0.25, 0.3) is 0 Å². The molecule has 0 fully saturated rings. The summed E-state index contributed by atoms with van der Waals surface area (Å²) in [6.45, 7) is 1.35. The van der Waals surface area contributed by atoms with Crippen LogP contribution in [-0.2, 0) is 6.54 Å². The Bertz CT molecular complexity index is 485. The van der Waals surface area contributed by atoms with Gasteiger partial charge in [-0.2, -0.15) is 0 Å². The third-order valence-electron chi connectivity index (χ3n) is 2.88. The normalized spacial score (nSPS) is 12.3. The fourth-order valence-electron chi connectivity index (χ4n) is 1.90. The quantitative estimate of drug-likeness (QED) is 0.867. The van der Waals surface area contributed by atoms with Crippen LogP contribution in [0.2, 0.25) is 5.02 Å². The summed E-state index contributed by atoms with van der Waals surface area (Å²) < 4.78 is 0. The van der Waals surface area contributed by atoms with Crippen molar-refractivity contribution in [1.82, 2.24) is 5.32 Å². The SMILES string of the molecule is NCC(NCc1ccccc1)c1cccc(Cl)c1. The Morgan fingerprint density at radius 1 is 1.06 bits per heavy atom. The van der Waals surface area contributed by atoms with E-state index in [4.69, 9.17) is 17.3 Å². The highest BCUT2D eigenvalue weighted by atomic mass is 35.5. The Labute approximate surface area is 113 Å². The molecular formula is C15H17ClN2.